The van der Waals surface area contributed by atoms with Crippen molar-refractivity contribution in [3.8, 4) is 0 Å². The van der Waals surface area contributed by atoms with Crippen LogP contribution in [0.15, 0.2) is 60.9 Å². The van der Waals surface area contributed by atoms with Crippen molar-refractivity contribution in [3.63, 3.8) is 0 Å². The molecule has 1 amide bonds. The predicted octanol–water partition coefficient (Wildman–Crippen LogP) is 3.34. The van der Waals surface area contributed by atoms with Crippen molar-refractivity contribution < 1.29 is 9.72 Å². The molecule has 1 aromatic heterocycles. The van der Waals surface area contributed by atoms with E-state index in [4.69, 9.17) is 0 Å². The van der Waals surface area contributed by atoms with Crippen LogP contribution in [0.3, 0.4) is 0 Å². The topological polar surface area (TPSA) is 102 Å². The zero-order valence-corrected chi connectivity index (χ0v) is 15.7. The first-order valence-corrected chi connectivity index (χ1v) is 9.47. The fourth-order valence-electron chi connectivity index (χ4n) is 3.02. The number of hydrogen-bond donors (Lipinski definition) is 2. The van der Waals surface area contributed by atoms with Crippen LogP contribution in [0.4, 0.5) is 11.4 Å². The van der Waals surface area contributed by atoms with Gasteiger partial charge in [-0.25, -0.2) is 0 Å². The number of benzene rings is 2. The molecule has 0 atom stereocenters. The summed E-state index contributed by atoms with van der Waals surface area (Å²) in [6.45, 7) is 1.03. The minimum Gasteiger partial charge on any atom is -0.377 e. The molecule has 1 heterocycles. The lowest BCUT2D eigenvalue weighted by Gasteiger charge is -2.09. The summed E-state index contributed by atoms with van der Waals surface area (Å²) in [5.41, 5.74) is 2.71. The Morgan fingerprint density at radius 3 is 2.59 bits per heavy atom. The maximum atomic E-state index is 12.5. The SMILES string of the molecule is O=C(NCc1ccc(Cn2cccn2)cc1)c1ccc(NC2CC2)c([N+](=O)[O-])c1. The lowest BCUT2D eigenvalue weighted by atomic mass is 10.1. The van der Waals surface area contributed by atoms with Gasteiger partial charge in [-0.2, -0.15) is 5.10 Å². The first-order valence-electron chi connectivity index (χ1n) is 9.47. The molecule has 2 N–H and O–H groups in total. The summed E-state index contributed by atoms with van der Waals surface area (Å²) >= 11 is 0. The summed E-state index contributed by atoms with van der Waals surface area (Å²) in [6.07, 6.45) is 5.67. The van der Waals surface area contributed by atoms with Gasteiger partial charge in [-0.05, 0) is 42.2 Å². The molecule has 0 unspecified atom stereocenters. The summed E-state index contributed by atoms with van der Waals surface area (Å²) in [6, 6.07) is 14.6. The van der Waals surface area contributed by atoms with Crippen molar-refractivity contribution in [1.29, 1.82) is 0 Å². The Morgan fingerprint density at radius 2 is 1.93 bits per heavy atom. The molecule has 1 fully saturated rings. The third-order valence-electron chi connectivity index (χ3n) is 4.77. The second-order valence-corrected chi connectivity index (χ2v) is 7.11. The van der Waals surface area contributed by atoms with Gasteiger partial charge in [0.25, 0.3) is 11.6 Å². The van der Waals surface area contributed by atoms with E-state index in [9.17, 15) is 14.9 Å². The van der Waals surface area contributed by atoms with E-state index in [0.717, 1.165) is 24.0 Å². The van der Waals surface area contributed by atoms with Crippen LogP contribution in [0.5, 0.6) is 0 Å². The largest absolute Gasteiger partial charge is 0.377 e. The molecule has 1 saturated carbocycles. The molecule has 148 valence electrons. The predicted molar refractivity (Wildman–Crippen MR) is 109 cm³/mol. The molecule has 8 heteroatoms. The molecule has 0 radical (unpaired) electrons. The third-order valence-corrected chi connectivity index (χ3v) is 4.77. The van der Waals surface area contributed by atoms with Crippen LogP contribution in [0.1, 0.15) is 34.3 Å². The molecule has 1 aliphatic carbocycles. The Labute approximate surface area is 167 Å². The number of nitrogens with zero attached hydrogens (tertiary/aromatic N) is 3. The number of nitrogens with one attached hydrogen (secondary N) is 2. The van der Waals surface area contributed by atoms with Gasteiger partial charge in [-0.3, -0.25) is 19.6 Å². The monoisotopic (exact) mass is 391 g/mol. The van der Waals surface area contributed by atoms with E-state index in [1.54, 1.807) is 18.3 Å². The van der Waals surface area contributed by atoms with Crippen LogP contribution in [-0.2, 0) is 13.1 Å². The molecule has 29 heavy (non-hydrogen) atoms. The highest BCUT2D eigenvalue weighted by molar-refractivity contribution is 5.95. The average molecular weight is 391 g/mol. The Bertz CT molecular complexity index is 1010. The van der Waals surface area contributed by atoms with Gasteiger partial charge in [0.2, 0.25) is 0 Å². The first-order chi connectivity index (χ1) is 14.1. The van der Waals surface area contributed by atoms with Crippen molar-refractivity contribution in [3.05, 3.63) is 87.7 Å². The van der Waals surface area contributed by atoms with Crippen LogP contribution >= 0.6 is 0 Å². The van der Waals surface area contributed by atoms with E-state index in [0.29, 0.717) is 24.8 Å². The van der Waals surface area contributed by atoms with Gasteiger partial charge in [-0.1, -0.05) is 24.3 Å². The van der Waals surface area contributed by atoms with E-state index in [1.165, 1.54) is 6.07 Å². The summed E-state index contributed by atoms with van der Waals surface area (Å²) in [4.78, 5) is 23.3. The number of nitro groups is 1. The Morgan fingerprint density at radius 1 is 1.17 bits per heavy atom. The smallest absolute Gasteiger partial charge is 0.293 e. The number of nitro benzene ring substituents is 1. The maximum absolute atomic E-state index is 12.5. The summed E-state index contributed by atoms with van der Waals surface area (Å²) in [7, 11) is 0. The van der Waals surface area contributed by atoms with Crippen LogP contribution < -0.4 is 10.6 Å². The van der Waals surface area contributed by atoms with Gasteiger partial charge in [0.1, 0.15) is 5.69 Å². The van der Waals surface area contributed by atoms with Crippen LogP contribution in [0.25, 0.3) is 0 Å². The Hall–Kier alpha value is -3.68. The highest BCUT2D eigenvalue weighted by Gasteiger charge is 2.25. The quantitative estimate of drug-likeness (QED) is 0.453. The second kappa shape index (κ2) is 8.14. The fraction of sp³-hybridized carbons (Fsp3) is 0.238. The van der Waals surface area contributed by atoms with Gasteiger partial charge in [0.05, 0.1) is 11.5 Å². The molecule has 4 rings (SSSR count). The van der Waals surface area contributed by atoms with E-state index in [2.05, 4.69) is 15.7 Å². The lowest BCUT2D eigenvalue weighted by Crippen LogP contribution is -2.23. The molecule has 3 aromatic rings. The van der Waals surface area contributed by atoms with E-state index in [1.807, 2.05) is 41.2 Å². The molecular formula is C21H21N5O3. The minimum atomic E-state index is -0.459. The zero-order chi connectivity index (χ0) is 20.2. The number of rotatable bonds is 8. The van der Waals surface area contributed by atoms with Crippen molar-refractivity contribution in [1.82, 2.24) is 15.1 Å². The van der Waals surface area contributed by atoms with E-state index < -0.39 is 4.92 Å². The van der Waals surface area contributed by atoms with Crippen molar-refractivity contribution >= 4 is 17.3 Å². The second-order valence-electron chi connectivity index (χ2n) is 7.11. The lowest BCUT2D eigenvalue weighted by molar-refractivity contribution is -0.384. The van der Waals surface area contributed by atoms with Gasteiger partial charge in [0, 0.05) is 36.6 Å². The molecule has 2 aromatic carbocycles. The highest BCUT2D eigenvalue weighted by Crippen LogP contribution is 2.31. The number of hydrogen-bond acceptors (Lipinski definition) is 5. The minimum absolute atomic E-state index is 0.0764. The van der Waals surface area contributed by atoms with Gasteiger partial charge in [-0.15, -0.1) is 0 Å². The first kappa shape index (κ1) is 18.7. The van der Waals surface area contributed by atoms with E-state index in [-0.39, 0.29) is 17.2 Å². The van der Waals surface area contributed by atoms with Gasteiger partial charge in [0.15, 0.2) is 0 Å². The van der Waals surface area contributed by atoms with Crippen LogP contribution in [-0.4, -0.2) is 26.7 Å². The fourth-order valence-corrected chi connectivity index (χ4v) is 3.02. The highest BCUT2D eigenvalue weighted by atomic mass is 16.6. The van der Waals surface area contributed by atoms with Crippen molar-refractivity contribution in [2.75, 3.05) is 5.32 Å². The van der Waals surface area contributed by atoms with Crippen LogP contribution in [0.2, 0.25) is 0 Å². The Balaban J connectivity index is 1.37. The van der Waals surface area contributed by atoms with Gasteiger partial charge < -0.3 is 10.6 Å². The molecule has 0 saturated heterocycles. The summed E-state index contributed by atoms with van der Waals surface area (Å²) in [5.74, 6) is -0.341. The average Bonchev–Trinajstić information content (AvgIpc) is 3.39. The van der Waals surface area contributed by atoms with E-state index >= 15 is 0 Å². The van der Waals surface area contributed by atoms with Crippen molar-refractivity contribution in [2.24, 2.45) is 0 Å². The zero-order valence-electron chi connectivity index (χ0n) is 15.7. The standard InChI is InChI=1S/C21H21N5O3/c27-21(17-6-9-19(24-18-7-8-18)20(12-17)26(28)29)22-13-15-2-4-16(5-3-15)14-25-11-1-10-23-25/h1-6,9-12,18,24H,7-8,13-14H2,(H,22,27). The number of anilines is 1. The molecule has 0 aliphatic heterocycles. The number of aromatic nitrogens is 2. The third kappa shape index (κ3) is 4.78. The molecular weight excluding hydrogens is 370 g/mol. The number of carbonyl (C=O) groups is 1. The molecule has 1 aliphatic rings. The molecule has 0 spiro atoms. The number of carbonyl (C=O) groups excluding carboxylic acids is 1. The number of amides is 1. The molecule has 0 bridgehead atoms. The normalized spacial score (nSPS) is 13.1. The van der Waals surface area contributed by atoms with Gasteiger partial charge >= 0.3 is 0 Å². The maximum Gasteiger partial charge on any atom is 0.293 e. The summed E-state index contributed by atoms with van der Waals surface area (Å²) in [5, 5.41) is 21.5. The Kier molecular flexibility index (Phi) is 5.24. The summed E-state index contributed by atoms with van der Waals surface area (Å²) < 4.78 is 1.84. The molecule has 8 nitrogen and oxygen atoms in total. The van der Waals surface area contributed by atoms with Crippen LogP contribution in [0, 0.1) is 10.1 Å². The van der Waals surface area contributed by atoms with Crippen molar-refractivity contribution in [2.45, 2.75) is 32.0 Å².